The van der Waals surface area contributed by atoms with Crippen LogP contribution in [-0.4, -0.2) is 13.1 Å². The van der Waals surface area contributed by atoms with E-state index in [1.807, 2.05) is 0 Å². The Morgan fingerprint density at radius 3 is 1.90 bits per heavy atom. The first-order valence-corrected chi connectivity index (χ1v) is 8.43. The topological polar surface area (TPSA) is 26.3 Å². The molecule has 0 bridgehead atoms. The molecular formula is C19H30O2. The summed E-state index contributed by atoms with van der Waals surface area (Å²) in [5.74, 6) is -0.0755. The molecule has 0 saturated carbocycles. The molecular weight excluding hydrogens is 260 g/mol. The van der Waals surface area contributed by atoms with E-state index in [2.05, 4.69) is 35.1 Å². The molecule has 0 aromatic heterocycles. The Hall–Kier alpha value is -1.31. The quantitative estimate of drug-likeness (QED) is 0.385. The fourth-order valence-corrected chi connectivity index (χ4v) is 2.58. The van der Waals surface area contributed by atoms with E-state index < -0.39 is 0 Å². The van der Waals surface area contributed by atoms with Gasteiger partial charge in [0.25, 0.3) is 0 Å². The summed E-state index contributed by atoms with van der Waals surface area (Å²) in [6, 6.07) is 10.8. The monoisotopic (exact) mass is 290 g/mol. The van der Waals surface area contributed by atoms with Crippen molar-refractivity contribution in [2.45, 2.75) is 70.6 Å². The largest absolute Gasteiger partial charge is 0.469 e. The lowest BCUT2D eigenvalue weighted by Gasteiger charge is -2.03. The fraction of sp³-hybridized carbons (Fsp3) is 0.632. The Bertz CT molecular complexity index is 359. The van der Waals surface area contributed by atoms with Crippen LogP contribution in [0.25, 0.3) is 0 Å². The molecule has 0 fully saturated rings. The minimum atomic E-state index is -0.0755. The van der Waals surface area contributed by atoms with Gasteiger partial charge in [-0.25, -0.2) is 0 Å². The second kappa shape index (κ2) is 12.4. The van der Waals surface area contributed by atoms with Crippen molar-refractivity contribution in [2.75, 3.05) is 7.11 Å². The van der Waals surface area contributed by atoms with E-state index in [0.29, 0.717) is 6.42 Å². The van der Waals surface area contributed by atoms with Crippen LogP contribution in [0.3, 0.4) is 0 Å². The van der Waals surface area contributed by atoms with Crippen LogP contribution in [0.1, 0.15) is 69.8 Å². The van der Waals surface area contributed by atoms with Gasteiger partial charge < -0.3 is 4.74 Å². The second-order valence-corrected chi connectivity index (χ2v) is 5.74. The molecule has 0 amide bonds. The Kier molecular flexibility index (Phi) is 10.5. The number of hydrogen-bond donors (Lipinski definition) is 0. The molecule has 2 heteroatoms. The summed E-state index contributed by atoms with van der Waals surface area (Å²) >= 11 is 0. The maximum atomic E-state index is 10.9. The predicted octanol–water partition coefficient (Wildman–Crippen LogP) is 5.30. The number of ether oxygens (including phenoxy) is 1. The number of aryl methyl sites for hydroxylation is 1. The summed E-state index contributed by atoms with van der Waals surface area (Å²) in [5, 5.41) is 0. The first kappa shape index (κ1) is 17.7. The molecule has 2 nitrogen and oxygen atoms in total. The number of carbonyl (C=O) groups excluding carboxylic acids is 1. The van der Waals surface area contributed by atoms with Crippen LogP contribution < -0.4 is 0 Å². The van der Waals surface area contributed by atoms with Crippen LogP contribution in [0.4, 0.5) is 0 Å². The van der Waals surface area contributed by atoms with Gasteiger partial charge in [0.05, 0.1) is 7.11 Å². The Balaban J connectivity index is 1.80. The van der Waals surface area contributed by atoms with E-state index in [1.54, 1.807) is 0 Å². The van der Waals surface area contributed by atoms with Crippen molar-refractivity contribution >= 4 is 5.97 Å². The number of unbranched alkanes of at least 4 members (excludes halogenated alkanes) is 8. The zero-order valence-corrected chi connectivity index (χ0v) is 13.5. The lowest BCUT2D eigenvalue weighted by molar-refractivity contribution is -0.140. The first-order valence-electron chi connectivity index (χ1n) is 8.43. The number of methoxy groups -OCH3 is 1. The van der Waals surface area contributed by atoms with Gasteiger partial charge in [0, 0.05) is 6.42 Å². The van der Waals surface area contributed by atoms with Crippen LogP contribution in [0.5, 0.6) is 0 Å². The minimum Gasteiger partial charge on any atom is -0.469 e. The normalized spacial score (nSPS) is 10.5. The van der Waals surface area contributed by atoms with Gasteiger partial charge in [0.1, 0.15) is 0 Å². The van der Waals surface area contributed by atoms with Gasteiger partial charge in [0.15, 0.2) is 0 Å². The van der Waals surface area contributed by atoms with Crippen LogP contribution in [-0.2, 0) is 16.0 Å². The fourth-order valence-electron chi connectivity index (χ4n) is 2.58. The van der Waals surface area contributed by atoms with Gasteiger partial charge in [-0.2, -0.15) is 0 Å². The molecule has 0 aliphatic heterocycles. The highest BCUT2D eigenvalue weighted by atomic mass is 16.5. The Morgan fingerprint density at radius 2 is 1.33 bits per heavy atom. The van der Waals surface area contributed by atoms with Gasteiger partial charge in [-0.05, 0) is 24.8 Å². The summed E-state index contributed by atoms with van der Waals surface area (Å²) < 4.78 is 4.63. The van der Waals surface area contributed by atoms with Crippen LogP contribution in [0.2, 0.25) is 0 Å². The molecule has 0 heterocycles. The number of carbonyl (C=O) groups is 1. The number of benzene rings is 1. The lowest BCUT2D eigenvalue weighted by Crippen LogP contribution is -1.99. The highest BCUT2D eigenvalue weighted by molar-refractivity contribution is 5.68. The zero-order chi connectivity index (χ0) is 15.2. The van der Waals surface area contributed by atoms with Crippen molar-refractivity contribution < 1.29 is 9.53 Å². The Morgan fingerprint density at radius 1 is 0.810 bits per heavy atom. The van der Waals surface area contributed by atoms with Gasteiger partial charge in [-0.1, -0.05) is 75.3 Å². The molecule has 0 radical (unpaired) electrons. The smallest absolute Gasteiger partial charge is 0.305 e. The summed E-state index contributed by atoms with van der Waals surface area (Å²) in [6.45, 7) is 0. The molecule has 1 rings (SSSR count). The molecule has 0 aliphatic rings. The highest BCUT2D eigenvalue weighted by Gasteiger charge is 1.99. The van der Waals surface area contributed by atoms with Crippen LogP contribution in [0, 0.1) is 0 Å². The van der Waals surface area contributed by atoms with Crippen LogP contribution >= 0.6 is 0 Å². The molecule has 1 aromatic carbocycles. The van der Waals surface area contributed by atoms with Crippen LogP contribution in [0.15, 0.2) is 30.3 Å². The lowest BCUT2D eigenvalue weighted by atomic mass is 10.0. The third kappa shape index (κ3) is 10.1. The van der Waals surface area contributed by atoms with Gasteiger partial charge >= 0.3 is 5.97 Å². The number of rotatable bonds is 12. The van der Waals surface area contributed by atoms with E-state index in [-0.39, 0.29) is 5.97 Å². The molecule has 0 saturated heterocycles. The SMILES string of the molecule is COC(=O)CCCCCCCCCCCc1ccccc1. The maximum Gasteiger partial charge on any atom is 0.305 e. The van der Waals surface area contributed by atoms with E-state index >= 15 is 0 Å². The highest BCUT2D eigenvalue weighted by Crippen LogP contribution is 2.12. The third-order valence-corrected chi connectivity index (χ3v) is 3.92. The van der Waals surface area contributed by atoms with E-state index in [0.717, 1.165) is 12.8 Å². The standard InChI is InChI=1S/C19H30O2/c1-21-19(20)17-13-8-6-4-2-3-5-7-10-14-18-15-11-9-12-16-18/h9,11-12,15-16H,2-8,10,13-14,17H2,1H3. The molecule has 0 spiro atoms. The van der Waals surface area contributed by atoms with E-state index in [4.69, 9.17) is 0 Å². The van der Waals surface area contributed by atoms with Crippen molar-refractivity contribution in [3.05, 3.63) is 35.9 Å². The average Bonchev–Trinajstić information content (AvgIpc) is 2.53. The molecule has 1 aromatic rings. The van der Waals surface area contributed by atoms with Gasteiger partial charge in [-0.3, -0.25) is 4.79 Å². The molecule has 0 N–H and O–H groups in total. The van der Waals surface area contributed by atoms with Crippen molar-refractivity contribution in [3.63, 3.8) is 0 Å². The zero-order valence-electron chi connectivity index (χ0n) is 13.5. The molecule has 0 aliphatic carbocycles. The van der Waals surface area contributed by atoms with Crippen molar-refractivity contribution in [1.29, 1.82) is 0 Å². The van der Waals surface area contributed by atoms with E-state index in [9.17, 15) is 4.79 Å². The molecule has 0 atom stereocenters. The average molecular weight is 290 g/mol. The van der Waals surface area contributed by atoms with Crippen molar-refractivity contribution in [3.8, 4) is 0 Å². The van der Waals surface area contributed by atoms with Gasteiger partial charge in [0.2, 0.25) is 0 Å². The van der Waals surface area contributed by atoms with Crippen molar-refractivity contribution in [2.24, 2.45) is 0 Å². The third-order valence-electron chi connectivity index (χ3n) is 3.92. The summed E-state index contributed by atoms with van der Waals surface area (Å²) in [5.41, 5.74) is 1.46. The second-order valence-electron chi connectivity index (χ2n) is 5.74. The summed E-state index contributed by atoms with van der Waals surface area (Å²) in [6.07, 6.45) is 13.2. The first-order chi connectivity index (χ1) is 10.3. The van der Waals surface area contributed by atoms with E-state index in [1.165, 1.54) is 64.0 Å². The predicted molar refractivity (Wildman–Crippen MR) is 88.3 cm³/mol. The number of hydrogen-bond acceptors (Lipinski definition) is 2. The maximum absolute atomic E-state index is 10.9. The molecule has 0 unspecified atom stereocenters. The molecule has 118 valence electrons. The minimum absolute atomic E-state index is 0.0755. The molecule has 21 heavy (non-hydrogen) atoms. The number of esters is 1. The van der Waals surface area contributed by atoms with Crippen molar-refractivity contribution in [1.82, 2.24) is 0 Å². The van der Waals surface area contributed by atoms with Gasteiger partial charge in [-0.15, -0.1) is 0 Å². The summed E-state index contributed by atoms with van der Waals surface area (Å²) in [4.78, 5) is 10.9. The summed E-state index contributed by atoms with van der Waals surface area (Å²) in [7, 11) is 1.46. The Labute approximate surface area is 129 Å².